The molecule has 148 valence electrons. The summed E-state index contributed by atoms with van der Waals surface area (Å²) in [6, 6.07) is 16.4. The summed E-state index contributed by atoms with van der Waals surface area (Å²) < 4.78 is 0. The van der Waals surface area contributed by atoms with Crippen molar-refractivity contribution in [3.05, 3.63) is 76.3 Å². The SMILES string of the molecule is Cc1ccc(C(=O)CCC(=O)Nc2nc(C)c(C(=O)Nc3ccccc3)s2)cc1. The second-order valence-corrected chi connectivity index (χ2v) is 7.59. The van der Waals surface area contributed by atoms with Crippen molar-refractivity contribution in [1.29, 1.82) is 0 Å². The number of hydrogen-bond acceptors (Lipinski definition) is 5. The minimum atomic E-state index is -0.311. The van der Waals surface area contributed by atoms with E-state index in [9.17, 15) is 14.4 Å². The normalized spacial score (nSPS) is 10.4. The number of carbonyl (C=O) groups excluding carboxylic acids is 3. The molecule has 0 fully saturated rings. The quantitative estimate of drug-likeness (QED) is 0.560. The number of para-hydroxylation sites is 1. The Morgan fingerprint density at radius 3 is 2.28 bits per heavy atom. The molecule has 3 rings (SSSR count). The summed E-state index contributed by atoms with van der Waals surface area (Å²) in [7, 11) is 0. The Hall–Kier alpha value is -3.32. The Kier molecular flexibility index (Phi) is 6.51. The van der Waals surface area contributed by atoms with E-state index in [1.807, 2.05) is 37.3 Å². The first-order valence-corrected chi connectivity index (χ1v) is 9.97. The third kappa shape index (κ3) is 5.58. The van der Waals surface area contributed by atoms with Crippen molar-refractivity contribution in [2.75, 3.05) is 10.6 Å². The van der Waals surface area contributed by atoms with Gasteiger partial charge in [0.2, 0.25) is 5.91 Å². The molecule has 0 aliphatic carbocycles. The van der Waals surface area contributed by atoms with Crippen LogP contribution in [-0.4, -0.2) is 22.6 Å². The Morgan fingerprint density at radius 1 is 0.897 bits per heavy atom. The molecule has 1 aromatic heterocycles. The van der Waals surface area contributed by atoms with Gasteiger partial charge in [-0.3, -0.25) is 14.4 Å². The van der Waals surface area contributed by atoms with E-state index in [0.717, 1.165) is 16.9 Å². The summed E-state index contributed by atoms with van der Waals surface area (Å²) in [6.07, 6.45) is 0.164. The minimum Gasteiger partial charge on any atom is -0.321 e. The zero-order chi connectivity index (χ0) is 20.8. The van der Waals surface area contributed by atoms with Crippen LogP contribution < -0.4 is 10.6 Å². The average molecular weight is 407 g/mol. The molecule has 3 aromatic rings. The van der Waals surface area contributed by atoms with Gasteiger partial charge in [0.1, 0.15) is 4.88 Å². The Bertz CT molecular complexity index is 1030. The van der Waals surface area contributed by atoms with Crippen LogP contribution in [-0.2, 0) is 4.79 Å². The van der Waals surface area contributed by atoms with Crippen LogP contribution in [0.15, 0.2) is 54.6 Å². The lowest BCUT2D eigenvalue weighted by atomic mass is 10.1. The molecule has 2 aromatic carbocycles. The molecular weight excluding hydrogens is 386 g/mol. The molecule has 7 heteroatoms. The second kappa shape index (κ2) is 9.25. The zero-order valence-electron chi connectivity index (χ0n) is 16.2. The number of nitrogens with one attached hydrogen (secondary N) is 2. The molecule has 0 saturated heterocycles. The van der Waals surface area contributed by atoms with Crippen molar-refractivity contribution in [3.63, 3.8) is 0 Å². The number of carbonyl (C=O) groups is 3. The molecule has 29 heavy (non-hydrogen) atoms. The first-order chi connectivity index (χ1) is 13.9. The van der Waals surface area contributed by atoms with E-state index < -0.39 is 0 Å². The van der Waals surface area contributed by atoms with Crippen molar-refractivity contribution in [1.82, 2.24) is 4.98 Å². The van der Waals surface area contributed by atoms with Gasteiger partial charge in [-0.15, -0.1) is 0 Å². The number of hydrogen-bond donors (Lipinski definition) is 2. The summed E-state index contributed by atoms with van der Waals surface area (Å²) in [6.45, 7) is 3.67. The molecule has 0 spiro atoms. The summed E-state index contributed by atoms with van der Waals surface area (Å²) in [4.78, 5) is 41.5. The van der Waals surface area contributed by atoms with Gasteiger partial charge in [-0.2, -0.15) is 0 Å². The fourth-order valence-corrected chi connectivity index (χ4v) is 3.54. The predicted octanol–water partition coefficient (Wildman–Crippen LogP) is 4.61. The van der Waals surface area contributed by atoms with Crippen LogP contribution in [0.2, 0.25) is 0 Å². The Labute approximate surface area is 173 Å². The van der Waals surface area contributed by atoms with Crippen molar-refractivity contribution >= 4 is 39.8 Å². The van der Waals surface area contributed by atoms with E-state index in [2.05, 4.69) is 15.6 Å². The fourth-order valence-electron chi connectivity index (χ4n) is 2.66. The topological polar surface area (TPSA) is 88.2 Å². The lowest BCUT2D eigenvalue weighted by molar-refractivity contribution is -0.116. The number of benzene rings is 2. The van der Waals surface area contributed by atoms with E-state index in [4.69, 9.17) is 0 Å². The van der Waals surface area contributed by atoms with Gasteiger partial charge in [0.25, 0.3) is 5.91 Å². The molecule has 0 unspecified atom stereocenters. The van der Waals surface area contributed by atoms with Gasteiger partial charge >= 0.3 is 0 Å². The largest absolute Gasteiger partial charge is 0.321 e. The molecule has 0 radical (unpaired) electrons. The highest BCUT2D eigenvalue weighted by atomic mass is 32.1. The van der Waals surface area contributed by atoms with Crippen LogP contribution in [0.1, 0.15) is 44.1 Å². The number of Topliss-reactive ketones (excluding diaryl/α,β-unsaturated/α-hetero) is 1. The van der Waals surface area contributed by atoms with Gasteiger partial charge in [-0.25, -0.2) is 4.98 Å². The molecular formula is C22H21N3O3S. The highest BCUT2D eigenvalue weighted by molar-refractivity contribution is 7.17. The van der Waals surface area contributed by atoms with Crippen LogP contribution in [0, 0.1) is 13.8 Å². The number of nitrogens with zero attached hydrogens (tertiary/aromatic N) is 1. The lowest BCUT2D eigenvalue weighted by Crippen LogP contribution is -2.13. The molecule has 0 saturated carbocycles. The van der Waals surface area contributed by atoms with E-state index in [0.29, 0.717) is 27.0 Å². The zero-order valence-corrected chi connectivity index (χ0v) is 17.0. The molecule has 2 N–H and O–H groups in total. The molecule has 0 bridgehead atoms. The number of anilines is 2. The molecule has 6 nitrogen and oxygen atoms in total. The van der Waals surface area contributed by atoms with Gasteiger partial charge in [-0.1, -0.05) is 59.4 Å². The van der Waals surface area contributed by atoms with E-state index in [1.54, 1.807) is 31.2 Å². The maximum absolute atomic E-state index is 12.4. The number of aryl methyl sites for hydroxylation is 2. The molecule has 0 aliphatic heterocycles. The van der Waals surface area contributed by atoms with E-state index >= 15 is 0 Å². The second-order valence-electron chi connectivity index (χ2n) is 6.59. The van der Waals surface area contributed by atoms with Gasteiger partial charge < -0.3 is 10.6 Å². The van der Waals surface area contributed by atoms with Gasteiger partial charge in [0.15, 0.2) is 10.9 Å². The van der Waals surface area contributed by atoms with Crippen LogP contribution in [0.5, 0.6) is 0 Å². The summed E-state index contributed by atoms with van der Waals surface area (Å²) in [5, 5.41) is 5.82. The molecule has 2 amide bonds. The van der Waals surface area contributed by atoms with E-state index in [-0.39, 0.29) is 30.4 Å². The summed E-state index contributed by atoms with van der Waals surface area (Å²) in [5.74, 6) is -0.672. The average Bonchev–Trinajstić information content (AvgIpc) is 3.07. The Morgan fingerprint density at radius 2 is 1.59 bits per heavy atom. The van der Waals surface area contributed by atoms with Crippen LogP contribution >= 0.6 is 11.3 Å². The third-order valence-electron chi connectivity index (χ3n) is 4.23. The molecule has 0 atom stereocenters. The lowest BCUT2D eigenvalue weighted by Gasteiger charge is -2.03. The van der Waals surface area contributed by atoms with Crippen LogP contribution in [0.25, 0.3) is 0 Å². The number of ketones is 1. The standard InChI is InChI=1S/C22H21N3O3S/c1-14-8-10-16(11-9-14)18(26)12-13-19(27)25-22-23-15(2)20(29-22)21(28)24-17-6-4-3-5-7-17/h3-11H,12-13H2,1-2H3,(H,24,28)(H,23,25,27). The first-order valence-electron chi connectivity index (χ1n) is 9.16. The third-order valence-corrected chi connectivity index (χ3v) is 5.31. The van der Waals surface area contributed by atoms with Crippen molar-refractivity contribution < 1.29 is 14.4 Å². The first kappa shape index (κ1) is 20.4. The van der Waals surface area contributed by atoms with Crippen molar-refractivity contribution in [2.45, 2.75) is 26.7 Å². The van der Waals surface area contributed by atoms with E-state index in [1.165, 1.54) is 0 Å². The summed E-state index contributed by atoms with van der Waals surface area (Å²) in [5.41, 5.74) is 2.89. The number of rotatable bonds is 7. The Balaban J connectivity index is 1.55. The number of thiazole rings is 1. The monoisotopic (exact) mass is 407 g/mol. The van der Waals surface area contributed by atoms with Gasteiger partial charge in [0.05, 0.1) is 5.69 Å². The highest BCUT2D eigenvalue weighted by Gasteiger charge is 2.17. The predicted molar refractivity (Wildman–Crippen MR) is 115 cm³/mol. The van der Waals surface area contributed by atoms with Crippen LogP contribution in [0.4, 0.5) is 10.8 Å². The maximum atomic E-state index is 12.4. The minimum absolute atomic E-state index is 0.0525. The van der Waals surface area contributed by atoms with Gasteiger partial charge in [-0.05, 0) is 26.0 Å². The number of amides is 2. The molecule has 1 heterocycles. The maximum Gasteiger partial charge on any atom is 0.267 e. The smallest absolute Gasteiger partial charge is 0.267 e. The van der Waals surface area contributed by atoms with Gasteiger partial charge in [0, 0.05) is 24.1 Å². The van der Waals surface area contributed by atoms with Crippen molar-refractivity contribution in [3.8, 4) is 0 Å². The highest BCUT2D eigenvalue weighted by Crippen LogP contribution is 2.24. The van der Waals surface area contributed by atoms with Crippen LogP contribution in [0.3, 0.4) is 0 Å². The fraction of sp³-hybridized carbons (Fsp3) is 0.182. The number of aromatic nitrogens is 1. The summed E-state index contributed by atoms with van der Waals surface area (Å²) >= 11 is 1.11. The molecule has 0 aliphatic rings. The van der Waals surface area contributed by atoms with Crippen molar-refractivity contribution in [2.24, 2.45) is 0 Å².